The zero-order chi connectivity index (χ0) is 13.1. The molecule has 2 heterocycles. The van der Waals surface area contributed by atoms with Crippen molar-refractivity contribution in [2.45, 2.75) is 33.4 Å². The van der Waals surface area contributed by atoms with E-state index in [0.29, 0.717) is 11.7 Å². The fourth-order valence-electron chi connectivity index (χ4n) is 1.52. The third kappa shape index (κ3) is 2.55. The maximum atomic E-state index is 12.0. The highest BCUT2D eigenvalue weighted by Crippen LogP contribution is 2.03. The third-order valence-corrected chi connectivity index (χ3v) is 2.40. The molecule has 0 saturated heterocycles. The first-order valence-corrected chi connectivity index (χ1v) is 5.68. The second-order valence-electron chi connectivity index (χ2n) is 4.17. The number of hydrogen-bond acceptors (Lipinski definition) is 6. The highest BCUT2D eigenvalue weighted by molar-refractivity contribution is 5.30. The van der Waals surface area contributed by atoms with Gasteiger partial charge in [-0.15, -0.1) is 0 Å². The molecule has 0 aliphatic carbocycles. The van der Waals surface area contributed by atoms with Crippen LogP contribution in [0.4, 0.5) is 5.82 Å². The van der Waals surface area contributed by atoms with Gasteiger partial charge in [0.05, 0.1) is 6.54 Å². The molecular weight excluding hydrogens is 234 g/mol. The standard InChI is InChI=1S/C11H15N5O2/c1-7(2)16-5-4-12-10(11(16)17)13-6-9-14-8(3)15-18-9/h4-5,7H,6H2,1-3H3,(H,12,13). The average molecular weight is 249 g/mol. The minimum atomic E-state index is -0.163. The van der Waals surface area contributed by atoms with E-state index in [2.05, 4.69) is 20.4 Å². The summed E-state index contributed by atoms with van der Waals surface area (Å²) in [6.45, 7) is 5.89. The summed E-state index contributed by atoms with van der Waals surface area (Å²) in [4.78, 5) is 20.1. The van der Waals surface area contributed by atoms with Crippen LogP contribution in [-0.2, 0) is 6.54 Å². The van der Waals surface area contributed by atoms with Crippen LogP contribution < -0.4 is 10.9 Å². The molecule has 2 rings (SSSR count). The fraction of sp³-hybridized carbons (Fsp3) is 0.455. The van der Waals surface area contributed by atoms with Gasteiger partial charge in [-0.2, -0.15) is 4.98 Å². The predicted octanol–water partition coefficient (Wildman–Crippen LogP) is 1.13. The molecule has 18 heavy (non-hydrogen) atoms. The van der Waals surface area contributed by atoms with Crippen LogP contribution in [0.1, 0.15) is 31.6 Å². The Balaban J connectivity index is 2.15. The van der Waals surface area contributed by atoms with Crippen molar-refractivity contribution >= 4 is 5.82 Å². The first-order valence-electron chi connectivity index (χ1n) is 5.68. The van der Waals surface area contributed by atoms with Gasteiger partial charge in [-0.1, -0.05) is 5.16 Å². The number of nitrogens with one attached hydrogen (secondary N) is 1. The van der Waals surface area contributed by atoms with Gasteiger partial charge >= 0.3 is 0 Å². The number of nitrogens with zero attached hydrogens (tertiary/aromatic N) is 4. The molecule has 0 bridgehead atoms. The quantitative estimate of drug-likeness (QED) is 0.874. The minimum Gasteiger partial charge on any atom is -0.356 e. The Morgan fingerprint density at radius 3 is 2.89 bits per heavy atom. The smallest absolute Gasteiger partial charge is 0.293 e. The fourth-order valence-corrected chi connectivity index (χ4v) is 1.52. The van der Waals surface area contributed by atoms with E-state index in [4.69, 9.17) is 4.52 Å². The molecule has 0 fully saturated rings. The van der Waals surface area contributed by atoms with Crippen molar-refractivity contribution in [1.29, 1.82) is 0 Å². The summed E-state index contributed by atoms with van der Waals surface area (Å²) in [6, 6.07) is 0.0895. The second-order valence-corrected chi connectivity index (χ2v) is 4.17. The van der Waals surface area contributed by atoms with Crippen molar-refractivity contribution in [1.82, 2.24) is 19.7 Å². The topological polar surface area (TPSA) is 85.8 Å². The second kappa shape index (κ2) is 4.99. The maximum absolute atomic E-state index is 12.0. The molecule has 96 valence electrons. The molecular formula is C11H15N5O2. The van der Waals surface area contributed by atoms with Gasteiger partial charge < -0.3 is 14.4 Å². The highest BCUT2D eigenvalue weighted by atomic mass is 16.5. The van der Waals surface area contributed by atoms with E-state index >= 15 is 0 Å². The van der Waals surface area contributed by atoms with Crippen LogP contribution in [0.15, 0.2) is 21.7 Å². The monoisotopic (exact) mass is 249 g/mol. The molecule has 0 amide bonds. The Morgan fingerprint density at radius 1 is 1.50 bits per heavy atom. The van der Waals surface area contributed by atoms with Crippen LogP contribution in [0, 0.1) is 6.92 Å². The molecule has 2 aromatic heterocycles. The van der Waals surface area contributed by atoms with Gasteiger partial charge in [0.15, 0.2) is 11.6 Å². The molecule has 0 spiro atoms. The molecule has 0 aromatic carbocycles. The lowest BCUT2D eigenvalue weighted by Gasteiger charge is -2.10. The lowest BCUT2D eigenvalue weighted by atomic mass is 10.4. The minimum absolute atomic E-state index is 0.0895. The van der Waals surface area contributed by atoms with Crippen LogP contribution in [0.25, 0.3) is 0 Å². The Kier molecular flexibility index (Phi) is 3.40. The van der Waals surface area contributed by atoms with E-state index in [1.807, 2.05) is 13.8 Å². The number of aryl methyl sites for hydroxylation is 1. The Labute approximate surface area is 104 Å². The van der Waals surface area contributed by atoms with Gasteiger partial charge in [0.1, 0.15) is 0 Å². The summed E-state index contributed by atoms with van der Waals surface area (Å²) >= 11 is 0. The Morgan fingerprint density at radius 2 is 2.28 bits per heavy atom. The van der Waals surface area contributed by atoms with Crippen LogP contribution in [-0.4, -0.2) is 19.7 Å². The maximum Gasteiger partial charge on any atom is 0.293 e. The van der Waals surface area contributed by atoms with Crippen LogP contribution in [0.2, 0.25) is 0 Å². The zero-order valence-corrected chi connectivity index (χ0v) is 10.5. The number of rotatable bonds is 4. The molecule has 2 aromatic rings. The molecule has 7 heteroatoms. The van der Waals surface area contributed by atoms with Gasteiger partial charge in [0, 0.05) is 18.4 Å². The van der Waals surface area contributed by atoms with Gasteiger partial charge in [-0.25, -0.2) is 4.98 Å². The molecule has 0 saturated carbocycles. The number of aromatic nitrogens is 4. The summed E-state index contributed by atoms with van der Waals surface area (Å²) in [5.74, 6) is 1.27. The summed E-state index contributed by atoms with van der Waals surface area (Å²) in [6.07, 6.45) is 3.25. The summed E-state index contributed by atoms with van der Waals surface area (Å²) in [5.41, 5.74) is -0.163. The SMILES string of the molecule is Cc1noc(CNc2nccn(C(C)C)c2=O)n1. The Hall–Kier alpha value is -2.18. The van der Waals surface area contributed by atoms with E-state index < -0.39 is 0 Å². The van der Waals surface area contributed by atoms with Gasteiger partial charge in [-0.3, -0.25) is 4.79 Å². The normalized spacial score (nSPS) is 10.9. The van der Waals surface area contributed by atoms with Crippen molar-refractivity contribution in [3.63, 3.8) is 0 Å². The van der Waals surface area contributed by atoms with Crippen molar-refractivity contribution < 1.29 is 4.52 Å². The first kappa shape index (κ1) is 12.3. The van der Waals surface area contributed by atoms with Gasteiger partial charge in [-0.05, 0) is 20.8 Å². The number of hydrogen-bond donors (Lipinski definition) is 1. The van der Waals surface area contributed by atoms with E-state index in [0.717, 1.165) is 0 Å². The van der Waals surface area contributed by atoms with Crippen LogP contribution in [0.5, 0.6) is 0 Å². The molecule has 0 aliphatic rings. The van der Waals surface area contributed by atoms with Crippen molar-refractivity contribution in [3.8, 4) is 0 Å². The predicted molar refractivity (Wildman–Crippen MR) is 65.2 cm³/mol. The average Bonchev–Trinajstić information content (AvgIpc) is 2.73. The van der Waals surface area contributed by atoms with Crippen molar-refractivity contribution in [2.75, 3.05) is 5.32 Å². The van der Waals surface area contributed by atoms with Gasteiger partial charge in [0.2, 0.25) is 5.89 Å². The molecule has 0 atom stereocenters. The largest absolute Gasteiger partial charge is 0.356 e. The molecule has 0 radical (unpaired) electrons. The zero-order valence-electron chi connectivity index (χ0n) is 10.5. The molecule has 0 unspecified atom stereocenters. The highest BCUT2D eigenvalue weighted by Gasteiger charge is 2.08. The molecule has 1 N–H and O–H groups in total. The lowest BCUT2D eigenvalue weighted by molar-refractivity contribution is 0.379. The third-order valence-electron chi connectivity index (χ3n) is 2.40. The van der Waals surface area contributed by atoms with Crippen molar-refractivity contribution in [2.24, 2.45) is 0 Å². The van der Waals surface area contributed by atoms with E-state index in [-0.39, 0.29) is 24.0 Å². The van der Waals surface area contributed by atoms with Crippen molar-refractivity contribution in [3.05, 3.63) is 34.5 Å². The summed E-state index contributed by atoms with van der Waals surface area (Å²) < 4.78 is 6.55. The summed E-state index contributed by atoms with van der Waals surface area (Å²) in [7, 11) is 0. The van der Waals surface area contributed by atoms with Gasteiger partial charge in [0.25, 0.3) is 5.56 Å². The van der Waals surface area contributed by atoms with Crippen LogP contribution in [0.3, 0.4) is 0 Å². The molecule has 0 aliphatic heterocycles. The van der Waals surface area contributed by atoms with E-state index in [9.17, 15) is 4.79 Å². The Bertz CT molecular complexity index is 587. The first-order chi connectivity index (χ1) is 8.58. The van der Waals surface area contributed by atoms with Crippen LogP contribution >= 0.6 is 0 Å². The summed E-state index contributed by atoms with van der Waals surface area (Å²) in [5, 5.41) is 6.56. The van der Waals surface area contributed by atoms with E-state index in [1.54, 1.807) is 23.9 Å². The lowest BCUT2D eigenvalue weighted by Crippen LogP contribution is -2.25. The molecule has 7 nitrogen and oxygen atoms in total. The van der Waals surface area contributed by atoms with E-state index in [1.165, 1.54) is 0 Å². The number of anilines is 1.